The van der Waals surface area contributed by atoms with Crippen LogP contribution < -0.4 is 5.73 Å². The molecule has 0 radical (unpaired) electrons. The van der Waals surface area contributed by atoms with Crippen molar-refractivity contribution < 1.29 is 0 Å². The lowest BCUT2D eigenvalue weighted by molar-refractivity contribution is 0.746. The zero-order valence-electron chi connectivity index (χ0n) is 8.56. The van der Waals surface area contributed by atoms with Crippen molar-refractivity contribution in [1.29, 1.82) is 0 Å². The Hall–Kier alpha value is -1.67. The second-order valence-electron chi connectivity index (χ2n) is 3.55. The molecule has 0 bridgehead atoms. The molecule has 2 nitrogen and oxygen atoms in total. The molecule has 0 saturated heterocycles. The third kappa shape index (κ3) is 1.90. The number of hydrogen-bond donors (Lipinski definition) is 1. The summed E-state index contributed by atoms with van der Waals surface area (Å²) in [6.45, 7) is 3.71. The van der Waals surface area contributed by atoms with Gasteiger partial charge in [0.25, 0.3) is 0 Å². The first-order valence-electron chi connectivity index (χ1n) is 5.03. The van der Waals surface area contributed by atoms with Gasteiger partial charge in [-0.25, -0.2) is 0 Å². The maximum atomic E-state index is 6.06. The molecular weight excluding hydrogens is 184 g/mol. The average Bonchev–Trinajstić information content (AvgIpc) is 2.28. The standard InChI is InChI=1S/C13H14N2/c1-2-5-12(14)11-8-3-6-10-7-4-9-15-13(10)11/h2-4,6-9,12H,1,5,14H2. The molecule has 0 aliphatic heterocycles. The van der Waals surface area contributed by atoms with Crippen LogP contribution in [0.15, 0.2) is 49.2 Å². The van der Waals surface area contributed by atoms with E-state index in [2.05, 4.69) is 11.6 Å². The summed E-state index contributed by atoms with van der Waals surface area (Å²) in [5, 5.41) is 1.13. The fraction of sp³-hybridized carbons (Fsp3) is 0.154. The van der Waals surface area contributed by atoms with Gasteiger partial charge in [-0.3, -0.25) is 4.98 Å². The van der Waals surface area contributed by atoms with E-state index in [1.807, 2.05) is 36.4 Å². The Kier molecular flexibility index (Phi) is 2.79. The van der Waals surface area contributed by atoms with Crippen LogP contribution >= 0.6 is 0 Å². The number of nitrogens with zero attached hydrogens (tertiary/aromatic N) is 1. The van der Waals surface area contributed by atoms with Gasteiger partial charge in [0.15, 0.2) is 0 Å². The van der Waals surface area contributed by atoms with Crippen LogP contribution in [0, 0.1) is 0 Å². The number of fused-ring (bicyclic) bond motifs is 1. The van der Waals surface area contributed by atoms with Gasteiger partial charge in [-0.05, 0) is 18.1 Å². The zero-order valence-corrected chi connectivity index (χ0v) is 8.56. The Balaban J connectivity index is 2.55. The first-order valence-corrected chi connectivity index (χ1v) is 5.03. The number of pyridine rings is 1. The molecule has 0 aliphatic carbocycles. The minimum absolute atomic E-state index is 0.0129. The maximum Gasteiger partial charge on any atom is 0.0749 e. The number of aromatic nitrogens is 1. The molecule has 2 N–H and O–H groups in total. The summed E-state index contributed by atoms with van der Waals surface area (Å²) in [5.74, 6) is 0. The molecule has 0 aliphatic rings. The van der Waals surface area contributed by atoms with Crippen molar-refractivity contribution in [3.8, 4) is 0 Å². The molecule has 0 spiro atoms. The van der Waals surface area contributed by atoms with E-state index in [9.17, 15) is 0 Å². The van der Waals surface area contributed by atoms with E-state index in [0.717, 1.165) is 22.9 Å². The molecule has 0 fully saturated rings. The fourth-order valence-corrected chi connectivity index (χ4v) is 1.73. The molecule has 0 amide bonds. The average molecular weight is 198 g/mol. The van der Waals surface area contributed by atoms with Gasteiger partial charge in [0, 0.05) is 17.6 Å². The molecule has 2 rings (SSSR count). The quantitative estimate of drug-likeness (QED) is 0.770. The number of rotatable bonds is 3. The highest BCUT2D eigenvalue weighted by Crippen LogP contribution is 2.22. The Morgan fingerprint density at radius 3 is 2.93 bits per heavy atom. The Morgan fingerprint density at radius 1 is 1.33 bits per heavy atom. The van der Waals surface area contributed by atoms with Crippen molar-refractivity contribution in [2.75, 3.05) is 0 Å². The molecule has 76 valence electrons. The molecule has 1 aromatic heterocycles. The van der Waals surface area contributed by atoms with E-state index < -0.39 is 0 Å². The van der Waals surface area contributed by atoms with Crippen LogP contribution in [0.1, 0.15) is 18.0 Å². The van der Waals surface area contributed by atoms with Crippen LogP contribution in [0.2, 0.25) is 0 Å². The molecular formula is C13H14N2. The minimum atomic E-state index is -0.0129. The lowest BCUT2D eigenvalue weighted by atomic mass is 10.0. The SMILES string of the molecule is C=CCC(N)c1cccc2cccnc12. The van der Waals surface area contributed by atoms with Crippen molar-refractivity contribution in [2.45, 2.75) is 12.5 Å². The summed E-state index contributed by atoms with van der Waals surface area (Å²) in [7, 11) is 0. The summed E-state index contributed by atoms with van der Waals surface area (Å²) in [6, 6.07) is 10.1. The second-order valence-corrected chi connectivity index (χ2v) is 3.55. The predicted octanol–water partition coefficient (Wildman–Crippen LogP) is 2.81. The molecule has 15 heavy (non-hydrogen) atoms. The van der Waals surface area contributed by atoms with E-state index in [1.54, 1.807) is 6.20 Å². The highest BCUT2D eigenvalue weighted by molar-refractivity contribution is 5.81. The third-order valence-electron chi connectivity index (χ3n) is 2.48. The van der Waals surface area contributed by atoms with E-state index in [4.69, 9.17) is 5.73 Å². The molecule has 1 atom stereocenters. The number of nitrogens with two attached hydrogens (primary N) is 1. The zero-order chi connectivity index (χ0) is 10.7. The first kappa shape index (κ1) is 9.87. The van der Waals surface area contributed by atoms with Crippen LogP contribution in [0.5, 0.6) is 0 Å². The lowest BCUT2D eigenvalue weighted by Gasteiger charge is -2.11. The van der Waals surface area contributed by atoms with Crippen LogP contribution in [0.25, 0.3) is 10.9 Å². The summed E-state index contributed by atoms with van der Waals surface area (Å²) < 4.78 is 0. The minimum Gasteiger partial charge on any atom is -0.324 e. The highest BCUT2D eigenvalue weighted by Gasteiger charge is 2.08. The monoisotopic (exact) mass is 198 g/mol. The fourth-order valence-electron chi connectivity index (χ4n) is 1.73. The maximum absolute atomic E-state index is 6.06. The largest absolute Gasteiger partial charge is 0.324 e. The third-order valence-corrected chi connectivity index (χ3v) is 2.48. The van der Waals surface area contributed by atoms with Gasteiger partial charge >= 0.3 is 0 Å². The van der Waals surface area contributed by atoms with Gasteiger partial charge in [-0.1, -0.05) is 30.3 Å². The summed E-state index contributed by atoms with van der Waals surface area (Å²) in [4.78, 5) is 4.37. The first-order chi connectivity index (χ1) is 7.33. The molecule has 1 unspecified atom stereocenters. The summed E-state index contributed by atoms with van der Waals surface area (Å²) in [6.07, 6.45) is 4.41. The Bertz CT molecular complexity index is 471. The smallest absolute Gasteiger partial charge is 0.0749 e. The Morgan fingerprint density at radius 2 is 2.13 bits per heavy atom. The van der Waals surface area contributed by atoms with E-state index in [1.165, 1.54) is 0 Å². The van der Waals surface area contributed by atoms with Crippen molar-refractivity contribution in [3.05, 3.63) is 54.7 Å². The topological polar surface area (TPSA) is 38.9 Å². The van der Waals surface area contributed by atoms with Crippen LogP contribution in [0.3, 0.4) is 0 Å². The molecule has 2 aromatic rings. The number of hydrogen-bond acceptors (Lipinski definition) is 2. The van der Waals surface area contributed by atoms with Crippen LogP contribution in [0.4, 0.5) is 0 Å². The number of para-hydroxylation sites is 1. The van der Waals surface area contributed by atoms with E-state index >= 15 is 0 Å². The van der Waals surface area contributed by atoms with Gasteiger partial charge in [0.05, 0.1) is 5.52 Å². The molecule has 1 heterocycles. The van der Waals surface area contributed by atoms with Crippen LogP contribution in [-0.2, 0) is 0 Å². The molecule has 2 heteroatoms. The van der Waals surface area contributed by atoms with Gasteiger partial charge in [0.1, 0.15) is 0 Å². The predicted molar refractivity (Wildman–Crippen MR) is 63.5 cm³/mol. The van der Waals surface area contributed by atoms with Gasteiger partial charge in [-0.15, -0.1) is 6.58 Å². The van der Waals surface area contributed by atoms with Gasteiger partial charge in [-0.2, -0.15) is 0 Å². The number of benzene rings is 1. The van der Waals surface area contributed by atoms with Gasteiger partial charge < -0.3 is 5.73 Å². The van der Waals surface area contributed by atoms with Crippen molar-refractivity contribution in [2.24, 2.45) is 5.73 Å². The van der Waals surface area contributed by atoms with Gasteiger partial charge in [0.2, 0.25) is 0 Å². The van der Waals surface area contributed by atoms with Crippen molar-refractivity contribution in [1.82, 2.24) is 4.98 Å². The summed E-state index contributed by atoms with van der Waals surface area (Å²) in [5.41, 5.74) is 8.15. The lowest BCUT2D eigenvalue weighted by Crippen LogP contribution is -2.09. The van der Waals surface area contributed by atoms with E-state index in [0.29, 0.717) is 0 Å². The van der Waals surface area contributed by atoms with E-state index in [-0.39, 0.29) is 6.04 Å². The van der Waals surface area contributed by atoms with Crippen molar-refractivity contribution >= 4 is 10.9 Å². The second kappa shape index (κ2) is 4.24. The van der Waals surface area contributed by atoms with Crippen LogP contribution in [-0.4, -0.2) is 4.98 Å². The summed E-state index contributed by atoms with van der Waals surface area (Å²) >= 11 is 0. The normalized spacial score (nSPS) is 12.6. The van der Waals surface area contributed by atoms with Crippen molar-refractivity contribution in [3.63, 3.8) is 0 Å². The Labute approximate surface area is 89.4 Å². The highest BCUT2D eigenvalue weighted by atomic mass is 14.7. The molecule has 1 aromatic carbocycles. The molecule has 0 saturated carbocycles.